The number of anilines is 1. The number of para-hydroxylation sites is 1. The second kappa shape index (κ2) is 5.31. The predicted octanol–water partition coefficient (Wildman–Crippen LogP) is 4.98. The van der Waals surface area contributed by atoms with E-state index in [1.165, 1.54) is 14.2 Å². The lowest BCUT2D eigenvalue weighted by atomic mass is 10.2. The molecule has 0 saturated heterocycles. The van der Waals surface area contributed by atoms with Crippen LogP contribution in [0.5, 0.6) is 0 Å². The quantitative estimate of drug-likeness (QED) is 0.731. The molecule has 0 aliphatic rings. The SMILES string of the molecule is Cc1sc(CNc2cnc3ccccc3c2)cc1Br. The van der Waals surface area contributed by atoms with Crippen LogP contribution in [0.2, 0.25) is 0 Å². The third-order valence-corrected chi connectivity index (χ3v) is 5.10. The average Bonchev–Trinajstić information content (AvgIpc) is 2.75. The van der Waals surface area contributed by atoms with Crippen LogP contribution in [0.1, 0.15) is 9.75 Å². The van der Waals surface area contributed by atoms with Crippen LogP contribution < -0.4 is 5.32 Å². The van der Waals surface area contributed by atoms with Gasteiger partial charge in [0.25, 0.3) is 0 Å². The minimum absolute atomic E-state index is 0.830. The van der Waals surface area contributed by atoms with Gasteiger partial charge in [0.15, 0.2) is 0 Å². The third-order valence-electron chi connectivity index (χ3n) is 2.97. The Morgan fingerprint density at radius 1 is 1.26 bits per heavy atom. The van der Waals surface area contributed by atoms with Crippen molar-refractivity contribution in [2.45, 2.75) is 13.5 Å². The Hall–Kier alpha value is -1.39. The Balaban J connectivity index is 1.78. The number of hydrogen-bond donors (Lipinski definition) is 1. The molecule has 0 amide bonds. The zero-order valence-electron chi connectivity index (χ0n) is 10.5. The van der Waals surface area contributed by atoms with Gasteiger partial charge in [-0.25, -0.2) is 0 Å². The van der Waals surface area contributed by atoms with Crippen LogP contribution in [0, 0.1) is 6.92 Å². The van der Waals surface area contributed by atoms with Gasteiger partial charge < -0.3 is 5.32 Å². The number of halogens is 1. The second-order valence-corrected chi connectivity index (χ2v) is 6.58. The fraction of sp³-hybridized carbons (Fsp3) is 0.133. The molecule has 0 fully saturated rings. The highest BCUT2D eigenvalue weighted by atomic mass is 79.9. The van der Waals surface area contributed by atoms with Gasteiger partial charge in [-0.2, -0.15) is 0 Å². The molecule has 19 heavy (non-hydrogen) atoms. The van der Waals surface area contributed by atoms with E-state index in [0.717, 1.165) is 23.1 Å². The van der Waals surface area contributed by atoms with E-state index in [-0.39, 0.29) is 0 Å². The van der Waals surface area contributed by atoms with E-state index >= 15 is 0 Å². The van der Waals surface area contributed by atoms with Crippen molar-refractivity contribution < 1.29 is 0 Å². The maximum atomic E-state index is 4.45. The van der Waals surface area contributed by atoms with Crippen molar-refractivity contribution in [2.24, 2.45) is 0 Å². The van der Waals surface area contributed by atoms with Crippen molar-refractivity contribution in [2.75, 3.05) is 5.32 Å². The summed E-state index contributed by atoms with van der Waals surface area (Å²) in [5.74, 6) is 0. The number of fused-ring (bicyclic) bond motifs is 1. The van der Waals surface area contributed by atoms with Crippen LogP contribution in [0.4, 0.5) is 5.69 Å². The molecule has 0 aliphatic heterocycles. The molecule has 2 heterocycles. The fourth-order valence-electron chi connectivity index (χ4n) is 1.96. The Morgan fingerprint density at radius 3 is 2.89 bits per heavy atom. The Labute approximate surface area is 124 Å². The maximum absolute atomic E-state index is 4.45. The highest BCUT2D eigenvalue weighted by molar-refractivity contribution is 9.10. The number of benzene rings is 1. The fourth-order valence-corrected chi connectivity index (χ4v) is 3.50. The van der Waals surface area contributed by atoms with E-state index in [0.29, 0.717) is 0 Å². The molecular weight excluding hydrogens is 320 g/mol. The van der Waals surface area contributed by atoms with E-state index < -0.39 is 0 Å². The van der Waals surface area contributed by atoms with Gasteiger partial charge in [-0.3, -0.25) is 4.98 Å². The summed E-state index contributed by atoms with van der Waals surface area (Å²) in [4.78, 5) is 7.08. The van der Waals surface area contributed by atoms with Crippen molar-refractivity contribution in [3.63, 3.8) is 0 Å². The summed E-state index contributed by atoms with van der Waals surface area (Å²) in [5.41, 5.74) is 2.09. The molecule has 0 bridgehead atoms. The monoisotopic (exact) mass is 332 g/mol. The Kier molecular flexibility index (Phi) is 3.53. The number of aryl methyl sites for hydroxylation is 1. The van der Waals surface area contributed by atoms with Crippen molar-refractivity contribution in [3.05, 3.63) is 56.8 Å². The molecule has 1 aromatic carbocycles. The maximum Gasteiger partial charge on any atom is 0.0703 e. The van der Waals surface area contributed by atoms with Gasteiger partial charge in [0.05, 0.1) is 17.4 Å². The zero-order chi connectivity index (χ0) is 13.2. The van der Waals surface area contributed by atoms with Gasteiger partial charge in [-0.05, 0) is 41.1 Å². The smallest absolute Gasteiger partial charge is 0.0703 e. The molecule has 2 aromatic heterocycles. The molecule has 0 unspecified atom stereocenters. The standard InChI is InChI=1S/C15H13BrN2S/c1-10-14(16)7-13(19-10)9-17-12-6-11-4-2-3-5-15(11)18-8-12/h2-8,17H,9H2,1H3. The predicted molar refractivity (Wildman–Crippen MR) is 85.8 cm³/mol. The first-order valence-electron chi connectivity index (χ1n) is 6.06. The summed E-state index contributed by atoms with van der Waals surface area (Å²) >= 11 is 5.35. The Morgan fingerprint density at radius 2 is 2.11 bits per heavy atom. The molecule has 3 aromatic rings. The first kappa shape index (κ1) is 12.6. The molecule has 4 heteroatoms. The number of nitrogens with one attached hydrogen (secondary N) is 1. The summed E-state index contributed by atoms with van der Waals surface area (Å²) in [6, 6.07) is 12.5. The van der Waals surface area contributed by atoms with E-state index in [1.54, 1.807) is 0 Å². The van der Waals surface area contributed by atoms with Crippen molar-refractivity contribution >= 4 is 43.9 Å². The lowest BCUT2D eigenvalue weighted by Crippen LogP contribution is -1.97. The van der Waals surface area contributed by atoms with E-state index in [4.69, 9.17) is 0 Å². The minimum atomic E-state index is 0.830. The van der Waals surface area contributed by atoms with E-state index in [9.17, 15) is 0 Å². The first-order valence-corrected chi connectivity index (χ1v) is 7.67. The van der Waals surface area contributed by atoms with Gasteiger partial charge in [-0.15, -0.1) is 11.3 Å². The molecule has 0 saturated carbocycles. The summed E-state index contributed by atoms with van der Waals surface area (Å²) < 4.78 is 1.19. The molecule has 2 nitrogen and oxygen atoms in total. The molecule has 0 aliphatic carbocycles. The summed E-state index contributed by atoms with van der Waals surface area (Å²) in [6.45, 7) is 2.95. The first-order chi connectivity index (χ1) is 9.22. The minimum Gasteiger partial charge on any atom is -0.379 e. The van der Waals surface area contributed by atoms with Gasteiger partial charge in [0.2, 0.25) is 0 Å². The number of pyridine rings is 1. The molecule has 0 atom stereocenters. The van der Waals surface area contributed by atoms with E-state index in [2.05, 4.69) is 51.4 Å². The van der Waals surface area contributed by atoms with Crippen molar-refractivity contribution in [1.29, 1.82) is 0 Å². The molecule has 1 N–H and O–H groups in total. The molecule has 0 radical (unpaired) electrons. The molecular formula is C15H13BrN2S. The number of hydrogen-bond acceptors (Lipinski definition) is 3. The van der Waals surface area contributed by atoms with Crippen LogP contribution in [0.25, 0.3) is 10.9 Å². The van der Waals surface area contributed by atoms with Crippen LogP contribution >= 0.6 is 27.3 Å². The van der Waals surface area contributed by atoms with Crippen molar-refractivity contribution in [3.8, 4) is 0 Å². The summed E-state index contributed by atoms with van der Waals surface area (Å²) in [7, 11) is 0. The third kappa shape index (κ3) is 2.80. The van der Waals surface area contributed by atoms with Crippen LogP contribution in [-0.4, -0.2) is 4.98 Å². The van der Waals surface area contributed by atoms with E-state index in [1.807, 2.05) is 35.7 Å². The van der Waals surface area contributed by atoms with Crippen LogP contribution in [0.3, 0.4) is 0 Å². The van der Waals surface area contributed by atoms with Crippen molar-refractivity contribution in [1.82, 2.24) is 4.98 Å². The highest BCUT2D eigenvalue weighted by Gasteiger charge is 2.03. The summed E-state index contributed by atoms with van der Waals surface area (Å²) in [5, 5.41) is 4.58. The normalized spacial score (nSPS) is 10.8. The molecule has 96 valence electrons. The second-order valence-electron chi connectivity index (χ2n) is 4.39. The number of nitrogens with zero attached hydrogens (tertiary/aromatic N) is 1. The van der Waals surface area contributed by atoms with Gasteiger partial charge in [-0.1, -0.05) is 18.2 Å². The summed E-state index contributed by atoms with van der Waals surface area (Å²) in [6.07, 6.45) is 1.89. The highest BCUT2D eigenvalue weighted by Crippen LogP contribution is 2.27. The van der Waals surface area contributed by atoms with Crippen LogP contribution in [-0.2, 0) is 6.54 Å². The van der Waals surface area contributed by atoms with Crippen LogP contribution in [0.15, 0.2) is 47.1 Å². The molecule has 0 spiro atoms. The number of rotatable bonds is 3. The number of aromatic nitrogens is 1. The lowest BCUT2D eigenvalue weighted by Gasteiger charge is -2.05. The van der Waals surface area contributed by atoms with Gasteiger partial charge in [0, 0.05) is 26.2 Å². The molecule has 3 rings (SSSR count). The zero-order valence-corrected chi connectivity index (χ0v) is 12.9. The van der Waals surface area contributed by atoms with Gasteiger partial charge >= 0.3 is 0 Å². The van der Waals surface area contributed by atoms with Gasteiger partial charge in [0.1, 0.15) is 0 Å². The largest absolute Gasteiger partial charge is 0.379 e. The average molecular weight is 333 g/mol. The Bertz CT molecular complexity index is 701. The lowest BCUT2D eigenvalue weighted by molar-refractivity contribution is 1.18. The number of thiophene rings is 1. The topological polar surface area (TPSA) is 24.9 Å².